The highest BCUT2D eigenvalue weighted by Crippen LogP contribution is 2.34. The molecule has 2 N–H and O–H groups in total. The van der Waals surface area contributed by atoms with E-state index in [1.54, 1.807) is 23.2 Å². The number of primary amides is 1. The predicted octanol–water partition coefficient (Wildman–Crippen LogP) is 2.95. The number of hydrogen-bond donors (Lipinski definition) is 1. The summed E-state index contributed by atoms with van der Waals surface area (Å²) in [7, 11) is 0. The van der Waals surface area contributed by atoms with Crippen molar-refractivity contribution in [2.24, 2.45) is 17.6 Å². The summed E-state index contributed by atoms with van der Waals surface area (Å²) in [6.45, 7) is 7.78. The van der Waals surface area contributed by atoms with E-state index in [2.05, 4.69) is 13.8 Å². The zero-order valence-corrected chi connectivity index (χ0v) is 21.2. The van der Waals surface area contributed by atoms with E-state index < -0.39 is 0 Å². The molecular formula is C24H29N5O3S2. The van der Waals surface area contributed by atoms with Crippen LogP contribution in [0.4, 0.5) is 5.82 Å². The molecular weight excluding hydrogens is 470 g/mol. The Hall–Kier alpha value is -2.72. The summed E-state index contributed by atoms with van der Waals surface area (Å²) in [5.41, 5.74) is 7.05. The summed E-state index contributed by atoms with van der Waals surface area (Å²) in [6, 6.07) is 3.71. The molecule has 0 aliphatic carbocycles. The topological polar surface area (TPSA) is 101 Å². The maximum atomic E-state index is 13.6. The number of carbonyl (C=O) groups excluding carboxylic acids is 2. The molecule has 2 saturated heterocycles. The molecule has 2 aliphatic rings. The molecule has 2 aromatic rings. The van der Waals surface area contributed by atoms with Gasteiger partial charge in [0.25, 0.3) is 11.5 Å². The fourth-order valence-electron chi connectivity index (χ4n) is 4.25. The standard InChI is InChI=1S/C24H29N5O3S2/c1-14(2)6-12-29-23(32)18(34-24(29)33)13-17-21(27-10-7-16(8-11-27)19(25)30)26-20-15(3)5-4-9-28(20)22(17)31/h4-5,9,13-14,16H,6-8,10-12H2,1-3H3,(H2,25,30)/b18-13-. The fourth-order valence-corrected chi connectivity index (χ4v) is 5.55. The Labute approximate surface area is 208 Å². The average molecular weight is 500 g/mol. The molecule has 10 heteroatoms. The molecule has 34 heavy (non-hydrogen) atoms. The predicted molar refractivity (Wildman–Crippen MR) is 140 cm³/mol. The van der Waals surface area contributed by atoms with Crippen LogP contribution in [0.15, 0.2) is 28.0 Å². The van der Waals surface area contributed by atoms with Gasteiger partial charge in [-0.15, -0.1) is 0 Å². The van der Waals surface area contributed by atoms with Crippen molar-refractivity contribution in [1.82, 2.24) is 14.3 Å². The molecule has 0 bridgehead atoms. The van der Waals surface area contributed by atoms with Gasteiger partial charge in [-0.3, -0.25) is 23.7 Å². The third kappa shape index (κ3) is 4.74. The number of aryl methyl sites for hydroxylation is 1. The number of carbonyl (C=O) groups is 2. The van der Waals surface area contributed by atoms with Crippen LogP contribution in [0.3, 0.4) is 0 Å². The van der Waals surface area contributed by atoms with E-state index in [4.69, 9.17) is 22.9 Å². The van der Waals surface area contributed by atoms with Crippen molar-refractivity contribution in [3.05, 3.63) is 44.7 Å². The highest BCUT2D eigenvalue weighted by atomic mass is 32.2. The van der Waals surface area contributed by atoms with Gasteiger partial charge in [-0.2, -0.15) is 0 Å². The van der Waals surface area contributed by atoms with Crippen molar-refractivity contribution < 1.29 is 9.59 Å². The lowest BCUT2D eigenvalue weighted by Crippen LogP contribution is -2.40. The van der Waals surface area contributed by atoms with Crippen LogP contribution < -0.4 is 16.2 Å². The second-order valence-corrected chi connectivity index (χ2v) is 10.9. The van der Waals surface area contributed by atoms with Gasteiger partial charge < -0.3 is 10.6 Å². The number of pyridine rings is 1. The number of anilines is 1. The second-order valence-electron chi connectivity index (χ2n) is 9.22. The number of piperidine rings is 1. The summed E-state index contributed by atoms with van der Waals surface area (Å²) in [4.78, 5) is 47.3. The summed E-state index contributed by atoms with van der Waals surface area (Å²) in [6.07, 6.45) is 5.36. The van der Waals surface area contributed by atoms with Gasteiger partial charge in [-0.05, 0) is 49.8 Å². The Bertz CT molecular complexity index is 1250. The first kappa shape index (κ1) is 24.4. The van der Waals surface area contributed by atoms with Gasteiger partial charge in [0.2, 0.25) is 5.91 Å². The number of amides is 2. The molecule has 2 fully saturated rings. The van der Waals surface area contributed by atoms with Crippen LogP contribution in [-0.4, -0.2) is 50.1 Å². The number of thiocarbonyl (C=S) groups is 1. The number of nitrogens with zero attached hydrogens (tertiary/aromatic N) is 4. The van der Waals surface area contributed by atoms with E-state index in [9.17, 15) is 14.4 Å². The zero-order chi connectivity index (χ0) is 24.6. The van der Waals surface area contributed by atoms with E-state index in [-0.39, 0.29) is 23.3 Å². The Balaban J connectivity index is 1.77. The minimum absolute atomic E-state index is 0.178. The lowest BCUT2D eigenvalue weighted by atomic mass is 9.96. The van der Waals surface area contributed by atoms with Crippen molar-refractivity contribution in [1.29, 1.82) is 0 Å². The smallest absolute Gasteiger partial charge is 0.267 e. The minimum Gasteiger partial charge on any atom is -0.369 e. The first-order valence-corrected chi connectivity index (χ1v) is 12.7. The molecule has 4 heterocycles. The van der Waals surface area contributed by atoms with E-state index >= 15 is 0 Å². The summed E-state index contributed by atoms with van der Waals surface area (Å²) in [5.74, 6) is 0.311. The van der Waals surface area contributed by atoms with Crippen LogP contribution in [-0.2, 0) is 9.59 Å². The first-order valence-electron chi connectivity index (χ1n) is 11.5. The molecule has 8 nitrogen and oxygen atoms in total. The quantitative estimate of drug-likeness (QED) is 0.482. The zero-order valence-electron chi connectivity index (χ0n) is 19.6. The van der Waals surface area contributed by atoms with Crippen LogP contribution in [0.25, 0.3) is 11.7 Å². The Kier molecular flexibility index (Phi) is 7.09. The Morgan fingerprint density at radius 2 is 2.03 bits per heavy atom. The maximum Gasteiger partial charge on any atom is 0.267 e. The second kappa shape index (κ2) is 9.87. The van der Waals surface area contributed by atoms with Crippen LogP contribution in [0.2, 0.25) is 0 Å². The normalized spacial score (nSPS) is 18.6. The summed E-state index contributed by atoms with van der Waals surface area (Å²) >= 11 is 6.68. The first-order chi connectivity index (χ1) is 16.2. The third-order valence-corrected chi connectivity index (χ3v) is 7.72. The van der Waals surface area contributed by atoms with Crippen LogP contribution >= 0.6 is 24.0 Å². The number of hydrogen-bond acceptors (Lipinski definition) is 7. The van der Waals surface area contributed by atoms with Crippen molar-refractivity contribution >= 4 is 57.7 Å². The Morgan fingerprint density at radius 3 is 2.68 bits per heavy atom. The molecule has 2 aliphatic heterocycles. The number of aromatic nitrogens is 2. The van der Waals surface area contributed by atoms with Gasteiger partial charge in [0.1, 0.15) is 15.8 Å². The number of thioether (sulfide) groups is 1. The van der Waals surface area contributed by atoms with Gasteiger partial charge in [-0.1, -0.05) is 43.9 Å². The third-order valence-electron chi connectivity index (χ3n) is 6.34. The fraction of sp³-hybridized carbons (Fsp3) is 0.458. The highest BCUT2D eigenvalue weighted by Gasteiger charge is 2.33. The Morgan fingerprint density at radius 1 is 1.32 bits per heavy atom. The lowest BCUT2D eigenvalue weighted by molar-refractivity contribution is -0.123. The van der Waals surface area contributed by atoms with Crippen LogP contribution in [0, 0.1) is 18.8 Å². The number of nitrogens with two attached hydrogens (primary N) is 1. The van der Waals surface area contributed by atoms with Gasteiger partial charge in [0.15, 0.2) is 0 Å². The van der Waals surface area contributed by atoms with Crippen molar-refractivity contribution in [3.63, 3.8) is 0 Å². The molecule has 2 amide bonds. The molecule has 0 radical (unpaired) electrons. The minimum atomic E-state index is -0.299. The summed E-state index contributed by atoms with van der Waals surface area (Å²) in [5, 5.41) is 0. The van der Waals surface area contributed by atoms with Gasteiger partial charge in [0, 0.05) is 31.7 Å². The van der Waals surface area contributed by atoms with Crippen molar-refractivity contribution in [3.8, 4) is 0 Å². The maximum absolute atomic E-state index is 13.6. The average Bonchev–Trinajstić information content (AvgIpc) is 3.06. The molecule has 0 spiro atoms. The van der Waals surface area contributed by atoms with Crippen LogP contribution in [0.5, 0.6) is 0 Å². The molecule has 180 valence electrons. The number of rotatable bonds is 6. The molecule has 0 unspecified atom stereocenters. The summed E-state index contributed by atoms with van der Waals surface area (Å²) < 4.78 is 2.02. The van der Waals surface area contributed by atoms with E-state index in [1.165, 1.54) is 16.2 Å². The SMILES string of the molecule is Cc1cccn2c(=O)c(/C=C3\SC(=S)N(CCC(C)C)C3=O)c(N3CCC(C(N)=O)CC3)nc12. The van der Waals surface area contributed by atoms with E-state index in [1.807, 2.05) is 17.9 Å². The lowest BCUT2D eigenvalue weighted by Gasteiger charge is -2.32. The molecule has 0 aromatic carbocycles. The van der Waals surface area contributed by atoms with Crippen molar-refractivity contribution in [2.45, 2.75) is 40.0 Å². The van der Waals surface area contributed by atoms with Gasteiger partial charge in [-0.25, -0.2) is 4.98 Å². The molecule has 0 saturated carbocycles. The van der Waals surface area contributed by atoms with Gasteiger partial charge >= 0.3 is 0 Å². The molecule has 2 aromatic heterocycles. The largest absolute Gasteiger partial charge is 0.369 e. The van der Waals surface area contributed by atoms with E-state index in [0.29, 0.717) is 64.6 Å². The molecule has 0 atom stereocenters. The van der Waals surface area contributed by atoms with E-state index in [0.717, 1.165) is 12.0 Å². The van der Waals surface area contributed by atoms with Gasteiger partial charge in [0.05, 0.1) is 10.5 Å². The highest BCUT2D eigenvalue weighted by molar-refractivity contribution is 8.26. The van der Waals surface area contributed by atoms with Crippen molar-refractivity contribution in [2.75, 3.05) is 24.5 Å². The van der Waals surface area contributed by atoms with Crippen LogP contribution in [0.1, 0.15) is 44.2 Å². The molecule has 4 rings (SSSR count). The monoisotopic (exact) mass is 499 g/mol. The number of fused-ring (bicyclic) bond motifs is 1.